The van der Waals surface area contributed by atoms with Crippen molar-refractivity contribution in [3.05, 3.63) is 29.8 Å². The summed E-state index contributed by atoms with van der Waals surface area (Å²) in [4.78, 5) is 27.0. The molecule has 1 aliphatic rings. The molecule has 0 radical (unpaired) electrons. The SMILES string of the molecule is CC[C@H](C(=O)N1CCN(C=O)CC1)N(c1ccc(C)cc1)S(C)(=O)=O. The van der Waals surface area contributed by atoms with Crippen LogP contribution in [-0.4, -0.2) is 69.0 Å². The maximum absolute atomic E-state index is 13.0. The minimum Gasteiger partial charge on any atom is -0.342 e. The van der Waals surface area contributed by atoms with E-state index in [-0.39, 0.29) is 5.91 Å². The van der Waals surface area contributed by atoms with Gasteiger partial charge in [-0.05, 0) is 25.5 Å². The molecular weight excluding hydrogens is 342 g/mol. The molecule has 1 aromatic carbocycles. The number of carbonyl (C=O) groups excluding carboxylic acids is 2. The van der Waals surface area contributed by atoms with Crippen molar-refractivity contribution in [2.75, 3.05) is 36.7 Å². The molecule has 7 nitrogen and oxygen atoms in total. The monoisotopic (exact) mass is 367 g/mol. The molecule has 1 heterocycles. The Kier molecular flexibility index (Phi) is 6.05. The zero-order valence-corrected chi connectivity index (χ0v) is 15.7. The Morgan fingerprint density at radius 1 is 1.20 bits per heavy atom. The maximum Gasteiger partial charge on any atom is 0.246 e. The average molecular weight is 367 g/mol. The summed E-state index contributed by atoms with van der Waals surface area (Å²) in [5.74, 6) is -0.223. The van der Waals surface area contributed by atoms with E-state index in [9.17, 15) is 18.0 Å². The van der Waals surface area contributed by atoms with Crippen LogP contribution in [0.25, 0.3) is 0 Å². The molecular formula is C17H25N3O4S. The van der Waals surface area contributed by atoms with Gasteiger partial charge in [-0.1, -0.05) is 24.6 Å². The second-order valence-electron chi connectivity index (χ2n) is 6.29. The summed E-state index contributed by atoms with van der Waals surface area (Å²) in [5, 5.41) is 0. The number of aryl methyl sites for hydroxylation is 1. The smallest absolute Gasteiger partial charge is 0.246 e. The molecule has 2 amide bonds. The molecule has 138 valence electrons. The molecule has 8 heteroatoms. The van der Waals surface area contributed by atoms with E-state index < -0.39 is 16.1 Å². The number of anilines is 1. The third kappa shape index (κ3) is 4.50. The molecule has 0 aliphatic carbocycles. The van der Waals surface area contributed by atoms with E-state index in [1.807, 2.05) is 19.1 Å². The Morgan fingerprint density at radius 3 is 2.20 bits per heavy atom. The molecule has 0 unspecified atom stereocenters. The van der Waals surface area contributed by atoms with E-state index in [0.717, 1.165) is 18.2 Å². The van der Waals surface area contributed by atoms with Crippen molar-refractivity contribution in [2.24, 2.45) is 0 Å². The second kappa shape index (κ2) is 7.86. The highest BCUT2D eigenvalue weighted by atomic mass is 32.2. The van der Waals surface area contributed by atoms with Crippen molar-refractivity contribution in [3.8, 4) is 0 Å². The summed E-state index contributed by atoms with van der Waals surface area (Å²) in [6.07, 6.45) is 2.26. The van der Waals surface area contributed by atoms with Crippen LogP contribution in [0, 0.1) is 6.92 Å². The molecule has 25 heavy (non-hydrogen) atoms. The molecule has 0 aromatic heterocycles. The summed E-state index contributed by atoms with van der Waals surface area (Å²) in [7, 11) is -3.62. The fourth-order valence-electron chi connectivity index (χ4n) is 2.99. The number of nitrogens with zero attached hydrogens (tertiary/aromatic N) is 3. The fraction of sp³-hybridized carbons (Fsp3) is 0.529. The Balaban J connectivity index is 2.29. The molecule has 0 saturated carbocycles. The topological polar surface area (TPSA) is 78.0 Å². The minimum absolute atomic E-state index is 0.223. The van der Waals surface area contributed by atoms with Gasteiger partial charge in [0, 0.05) is 26.2 Å². The summed E-state index contributed by atoms with van der Waals surface area (Å²) >= 11 is 0. The van der Waals surface area contributed by atoms with E-state index in [4.69, 9.17) is 0 Å². The molecule has 1 atom stereocenters. The quantitative estimate of drug-likeness (QED) is 0.698. The molecule has 0 spiro atoms. The number of hydrogen-bond donors (Lipinski definition) is 0. The highest BCUT2D eigenvalue weighted by Crippen LogP contribution is 2.24. The molecule has 1 aromatic rings. The van der Waals surface area contributed by atoms with Crippen molar-refractivity contribution in [1.29, 1.82) is 0 Å². The van der Waals surface area contributed by atoms with Crippen LogP contribution in [0.2, 0.25) is 0 Å². The van der Waals surface area contributed by atoms with E-state index in [0.29, 0.717) is 38.3 Å². The number of hydrogen-bond acceptors (Lipinski definition) is 4. The van der Waals surface area contributed by atoms with Gasteiger partial charge in [-0.15, -0.1) is 0 Å². The van der Waals surface area contributed by atoms with Crippen molar-refractivity contribution < 1.29 is 18.0 Å². The Bertz CT molecular complexity index is 710. The molecule has 1 saturated heterocycles. The molecule has 0 bridgehead atoms. The van der Waals surface area contributed by atoms with Crippen molar-refractivity contribution in [3.63, 3.8) is 0 Å². The van der Waals surface area contributed by atoms with E-state index in [2.05, 4.69) is 0 Å². The van der Waals surface area contributed by atoms with E-state index >= 15 is 0 Å². The number of amides is 2. The van der Waals surface area contributed by atoms with Crippen molar-refractivity contribution in [2.45, 2.75) is 26.3 Å². The zero-order valence-electron chi connectivity index (χ0n) is 14.9. The number of piperazine rings is 1. The summed E-state index contributed by atoms with van der Waals surface area (Å²) in [5.41, 5.74) is 1.50. The van der Waals surface area contributed by atoms with Crippen LogP contribution in [0.15, 0.2) is 24.3 Å². The summed E-state index contributed by atoms with van der Waals surface area (Å²) in [6, 6.07) is 6.30. The van der Waals surface area contributed by atoms with Gasteiger partial charge in [0.1, 0.15) is 6.04 Å². The van der Waals surface area contributed by atoms with Crippen LogP contribution in [0.4, 0.5) is 5.69 Å². The van der Waals surface area contributed by atoms with Gasteiger partial charge in [0.2, 0.25) is 22.3 Å². The molecule has 1 fully saturated rings. The van der Waals surface area contributed by atoms with Gasteiger partial charge in [0.15, 0.2) is 0 Å². The van der Waals surface area contributed by atoms with Crippen LogP contribution in [0.5, 0.6) is 0 Å². The maximum atomic E-state index is 13.0. The third-order valence-corrected chi connectivity index (χ3v) is 5.56. The lowest BCUT2D eigenvalue weighted by atomic mass is 10.1. The Labute approximate surface area is 149 Å². The standard InChI is InChI=1S/C17H25N3O4S/c1-4-16(17(22)19-11-9-18(13-21)10-12-19)20(25(3,23)24)15-7-5-14(2)6-8-15/h5-8,13,16H,4,9-12H2,1-3H3/t16-/m1/s1. The Hall–Kier alpha value is -2.09. The van der Waals surface area contributed by atoms with Crippen LogP contribution < -0.4 is 4.31 Å². The summed E-state index contributed by atoms with van der Waals surface area (Å²) < 4.78 is 26.0. The highest BCUT2D eigenvalue weighted by molar-refractivity contribution is 7.92. The molecule has 2 rings (SSSR count). The lowest BCUT2D eigenvalue weighted by Crippen LogP contribution is -2.55. The number of carbonyl (C=O) groups is 2. The number of sulfonamides is 1. The van der Waals surface area contributed by atoms with Gasteiger partial charge in [0.05, 0.1) is 11.9 Å². The molecule has 0 N–H and O–H groups in total. The first kappa shape index (κ1) is 19.2. The number of benzene rings is 1. The second-order valence-corrected chi connectivity index (χ2v) is 8.14. The van der Waals surface area contributed by atoms with Gasteiger partial charge >= 0.3 is 0 Å². The molecule has 1 aliphatic heterocycles. The lowest BCUT2D eigenvalue weighted by molar-refractivity contribution is -0.136. The third-order valence-electron chi connectivity index (χ3n) is 4.38. The zero-order chi connectivity index (χ0) is 18.6. The first-order chi connectivity index (χ1) is 11.8. The van der Waals surface area contributed by atoms with Gasteiger partial charge in [-0.3, -0.25) is 13.9 Å². The van der Waals surface area contributed by atoms with Gasteiger partial charge < -0.3 is 9.80 Å². The predicted octanol–water partition coefficient (Wildman–Crippen LogP) is 0.840. The Morgan fingerprint density at radius 2 is 1.76 bits per heavy atom. The average Bonchev–Trinajstić information content (AvgIpc) is 2.59. The predicted molar refractivity (Wildman–Crippen MR) is 96.8 cm³/mol. The van der Waals surface area contributed by atoms with E-state index in [1.54, 1.807) is 28.9 Å². The highest BCUT2D eigenvalue weighted by Gasteiger charge is 2.35. The van der Waals surface area contributed by atoms with Crippen LogP contribution in [0.3, 0.4) is 0 Å². The van der Waals surface area contributed by atoms with Gasteiger partial charge in [-0.25, -0.2) is 8.42 Å². The first-order valence-corrected chi connectivity index (χ1v) is 10.2. The lowest BCUT2D eigenvalue weighted by Gasteiger charge is -2.37. The summed E-state index contributed by atoms with van der Waals surface area (Å²) in [6.45, 7) is 5.49. The van der Waals surface area contributed by atoms with Gasteiger partial charge in [0.25, 0.3) is 0 Å². The van der Waals surface area contributed by atoms with Crippen molar-refractivity contribution in [1.82, 2.24) is 9.80 Å². The van der Waals surface area contributed by atoms with Crippen LogP contribution >= 0.6 is 0 Å². The van der Waals surface area contributed by atoms with Gasteiger partial charge in [-0.2, -0.15) is 0 Å². The minimum atomic E-state index is -3.62. The van der Waals surface area contributed by atoms with Crippen LogP contribution in [-0.2, 0) is 19.6 Å². The normalized spacial score (nSPS) is 16.4. The fourth-order valence-corrected chi connectivity index (χ4v) is 4.20. The van der Waals surface area contributed by atoms with Crippen molar-refractivity contribution >= 4 is 28.0 Å². The first-order valence-electron chi connectivity index (χ1n) is 8.32. The van der Waals surface area contributed by atoms with E-state index in [1.165, 1.54) is 4.31 Å². The largest absolute Gasteiger partial charge is 0.342 e. The number of rotatable bonds is 6. The van der Waals surface area contributed by atoms with Crippen LogP contribution in [0.1, 0.15) is 18.9 Å².